The minimum absolute atomic E-state index is 0.101. The monoisotopic (exact) mass is 306 g/mol. The van der Waals surface area contributed by atoms with Gasteiger partial charge in [0.1, 0.15) is 5.17 Å². The van der Waals surface area contributed by atoms with Gasteiger partial charge in [0, 0.05) is 29.1 Å². The second-order valence-electron chi connectivity index (χ2n) is 5.89. The van der Waals surface area contributed by atoms with Crippen molar-refractivity contribution in [2.75, 3.05) is 0 Å². The second-order valence-corrected chi connectivity index (χ2v) is 6.25. The van der Waals surface area contributed by atoms with E-state index < -0.39 is 0 Å². The van der Waals surface area contributed by atoms with Crippen molar-refractivity contribution in [1.29, 1.82) is 10.8 Å². The van der Waals surface area contributed by atoms with Gasteiger partial charge in [-0.15, -0.1) is 0 Å². The predicted molar refractivity (Wildman–Crippen MR) is 91.8 cm³/mol. The minimum Gasteiger partial charge on any atom is -0.386 e. The van der Waals surface area contributed by atoms with Crippen molar-refractivity contribution < 1.29 is 0 Å². The smallest absolute Gasteiger partial charge is 0.138 e. The molecule has 114 valence electrons. The van der Waals surface area contributed by atoms with E-state index in [1.54, 1.807) is 12.3 Å². The fraction of sp³-hybridized carbons (Fsp3) is 0.438. The van der Waals surface area contributed by atoms with Crippen molar-refractivity contribution >= 4 is 28.7 Å². The number of nitrogens with zero attached hydrogens (tertiary/aromatic N) is 1. The molecule has 0 saturated carbocycles. The van der Waals surface area contributed by atoms with Gasteiger partial charge in [-0.1, -0.05) is 31.0 Å². The number of nitrogens with one attached hydrogen (secondary N) is 3. The zero-order valence-electron chi connectivity index (χ0n) is 13.0. The number of rotatable bonds is 5. The van der Waals surface area contributed by atoms with Crippen LogP contribution in [0, 0.1) is 10.8 Å². The van der Waals surface area contributed by atoms with Gasteiger partial charge in [0.15, 0.2) is 0 Å². The van der Waals surface area contributed by atoms with Crippen molar-refractivity contribution in [1.82, 2.24) is 5.32 Å². The lowest BCUT2D eigenvalue weighted by Crippen LogP contribution is -2.31. The van der Waals surface area contributed by atoms with Crippen LogP contribution in [0.1, 0.15) is 40.5 Å². The fourth-order valence-electron chi connectivity index (χ4n) is 1.64. The Labute approximate surface area is 131 Å². The Hall–Kier alpha value is -1.68. The quantitative estimate of drug-likeness (QED) is 0.655. The molecule has 1 aliphatic rings. The number of allylic oxidation sites excluding steroid dienone is 4. The Morgan fingerprint density at radius 2 is 2.10 bits per heavy atom. The summed E-state index contributed by atoms with van der Waals surface area (Å²) in [4.78, 5) is 4.31. The minimum atomic E-state index is -0.101. The third-order valence-corrected chi connectivity index (χ3v) is 3.05. The lowest BCUT2D eigenvalue weighted by molar-refractivity contribution is 0.490. The van der Waals surface area contributed by atoms with Crippen LogP contribution in [-0.4, -0.2) is 22.6 Å². The highest BCUT2D eigenvalue weighted by Crippen LogP contribution is 2.21. The average molecular weight is 307 g/mol. The summed E-state index contributed by atoms with van der Waals surface area (Å²) in [6.07, 6.45) is 8.40. The molecule has 4 nitrogen and oxygen atoms in total. The number of aliphatic imine (C=N–C) groups is 1. The molecule has 1 heterocycles. The average Bonchev–Trinajstić information content (AvgIpc) is 2.37. The molecule has 0 aromatic heterocycles. The third-order valence-electron chi connectivity index (χ3n) is 2.76. The Morgan fingerprint density at radius 1 is 1.43 bits per heavy atom. The summed E-state index contributed by atoms with van der Waals surface area (Å²) in [5.74, 6) is 0. The third kappa shape index (κ3) is 5.31. The van der Waals surface area contributed by atoms with Crippen LogP contribution < -0.4 is 5.32 Å². The van der Waals surface area contributed by atoms with E-state index >= 15 is 0 Å². The van der Waals surface area contributed by atoms with Crippen LogP contribution in [0.3, 0.4) is 0 Å². The summed E-state index contributed by atoms with van der Waals surface area (Å²) in [6.45, 7) is 8.17. The van der Waals surface area contributed by atoms with Gasteiger partial charge in [0.05, 0.1) is 11.4 Å². The van der Waals surface area contributed by atoms with Crippen LogP contribution in [0.25, 0.3) is 0 Å². The van der Waals surface area contributed by atoms with Crippen LogP contribution in [0.5, 0.6) is 0 Å². The summed E-state index contributed by atoms with van der Waals surface area (Å²) in [5.41, 5.74) is 2.03. The molecule has 0 aromatic rings. The molecule has 0 bridgehead atoms. The van der Waals surface area contributed by atoms with E-state index in [0.29, 0.717) is 27.7 Å². The second kappa shape index (κ2) is 7.36. The van der Waals surface area contributed by atoms with Gasteiger partial charge < -0.3 is 16.1 Å². The molecule has 1 aliphatic heterocycles. The molecule has 3 N–H and O–H groups in total. The molecule has 0 fully saturated rings. The zero-order chi connectivity index (χ0) is 16.0. The maximum absolute atomic E-state index is 8.08. The Balaban J connectivity index is 3.05. The van der Waals surface area contributed by atoms with Crippen molar-refractivity contribution in [3.8, 4) is 0 Å². The van der Waals surface area contributed by atoms with Crippen molar-refractivity contribution in [2.24, 2.45) is 4.99 Å². The van der Waals surface area contributed by atoms with E-state index in [-0.39, 0.29) is 5.54 Å². The number of hydrogen-bond donors (Lipinski definition) is 3. The zero-order valence-corrected chi connectivity index (χ0v) is 13.8. The molecule has 0 atom stereocenters. The molecule has 0 spiro atoms. The molecular weight excluding hydrogens is 284 g/mol. The molecule has 0 radical (unpaired) electrons. The molecule has 0 amide bonds. The maximum Gasteiger partial charge on any atom is 0.138 e. The van der Waals surface area contributed by atoms with Gasteiger partial charge >= 0.3 is 0 Å². The van der Waals surface area contributed by atoms with E-state index in [1.807, 2.05) is 26.8 Å². The standard InChI is InChI=1S/C16H23ClN4/c1-5-6-7-12-13(19)8-14(21-15(12)17)11(9-18)10-20-16(2,3)4/h7-10,18-20H,5-6H2,1-4H3/b11-10+,12-7+,18-9?,19-13?. The van der Waals surface area contributed by atoms with E-state index in [1.165, 1.54) is 6.21 Å². The number of unbranched alkanes of at least 4 members (excludes halogenated alkanes) is 1. The SMILES string of the molecule is CCC/C=C1\C(=N)C=C(/C(C=N)=C/NC(C)(C)C)N=C1Cl. The van der Waals surface area contributed by atoms with E-state index in [9.17, 15) is 0 Å². The molecule has 0 aromatic carbocycles. The first-order chi connectivity index (χ1) is 9.78. The summed E-state index contributed by atoms with van der Waals surface area (Å²) in [5, 5.41) is 19.1. The number of halogens is 1. The molecule has 0 saturated heterocycles. The van der Waals surface area contributed by atoms with Crippen LogP contribution in [0.2, 0.25) is 0 Å². The van der Waals surface area contributed by atoms with Crippen molar-refractivity contribution in [3.63, 3.8) is 0 Å². The fourth-order valence-corrected chi connectivity index (χ4v) is 1.91. The first kappa shape index (κ1) is 17.4. The molecular formula is C16H23ClN4. The first-order valence-electron chi connectivity index (χ1n) is 7.02. The lowest BCUT2D eigenvalue weighted by atomic mass is 10.0. The van der Waals surface area contributed by atoms with Crippen LogP contribution in [0.4, 0.5) is 0 Å². The molecule has 1 rings (SSSR count). The molecule has 21 heavy (non-hydrogen) atoms. The number of hydrogen-bond acceptors (Lipinski definition) is 4. The summed E-state index contributed by atoms with van der Waals surface area (Å²) >= 11 is 6.18. The predicted octanol–water partition coefficient (Wildman–Crippen LogP) is 4.19. The highest BCUT2D eigenvalue weighted by atomic mass is 35.5. The van der Waals surface area contributed by atoms with Gasteiger partial charge in [-0.05, 0) is 33.3 Å². The topological polar surface area (TPSA) is 72.1 Å². The molecule has 0 aliphatic carbocycles. The van der Waals surface area contributed by atoms with Gasteiger partial charge in [-0.3, -0.25) is 0 Å². The Bertz CT molecular complexity index is 545. The van der Waals surface area contributed by atoms with E-state index in [2.05, 4.69) is 17.2 Å². The van der Waals surface area contributed by atoms with Gasteiger partial charge in [-0.25, -0.2) is 4.99 Å². The summed E-state index contributed by atoms with van der Waals surface area (Å²) in [7, 11) is 0. The largest absolute Gasteiger partial charge is 0.386 e. The normalized spacial score (nSPS) is 18.4. The van der Waals surface area contributed by atoms with Gasteiger partial charge in [0.25, 0.3) is 0 Å². The van der Waals surface area contributed by atoms with Crippen molar-refractivity contribution in [3.05, 3.63) is 35.2 Å². The molecule has 5 heteroatoms. The Kier molecular flexibility index (Phi) is 6.09. The summed E-state index contributed by atoms with van der Waals surface area (Å²) < 4.78 is 0. The highest BCUT2D eigenvalue weighted by molar-refractivity contribution is 6.73. The lowest BCUT2D eigenvalue weighted by Gasteiger charge is -2.20. The summed E-state index contributed by atoms with van der Waals surface area (Å²) in [6, 6.07) is 0. The van der Waals surface area contributed by atoms with Crippen LogP contribution in [-0.2, 0) is 0 Å². The highest BCUT2D eigenvalue weighted by Gasteiger charge is 2.17. The van der Waals surface area contributed by atoms with E-state index in [0.717, 1.165) is 12.8 Å². The molecule has 0 unspecified atom stereocenters. The van der Waals surface area contributed by atoms with Crippen LogP contribution >= 0.6 is 11.6 Å². The van der Waals surface area contributed by atoms with Gasteiger partial charge in [-0.2, -0.15) is 0 Å². The first-order valence-corrected chi connectivity index (χ1v) is 7.40. The Morgan fingerprint density at radius 3 is 2.57 bits per heavy atom. The van der Waals surface area contributed by atoms with E-state index in [4.69, 9.17) is 22.4 Å². The van der Waals surface area contributed by atoms with Gasteiger partial charge in [0.2, 0.25) is 0 Å². The van der Waals surface area contributed by atoms with Crippen LogP contribution in [0.15, 0.2) is 40.2 Å². The maximum atomic E-state index is 8.08. The van der Waals surface area contributed by atoms with Crippen molar-refractivity contribution in [2.45, 2.75) is 46.1 Å².